The zero-order valence-electron chi connectivity index (χ0n) is 13.4. The van der Waals surface area contributed by atoms with Crippen LogP contribution in [0.25, 0.3) is 0 Å². The van der Waals surface area contributed by atoms with Gasteiger partial charge in [0, 0.05) is 19.6 Å². The zero-order chi connectivity index (χ0) is 13.9. The van der Waals surface area contributed by atoms with Gasteiger partial charge in [-0.3, -0.25) is 0 Å². The maximum atomic E-state index is 6.22. The number of rotatable bonds is 4. The molecule has 3 aliphatic rings. The Bertz CT molecular complexity index is 287. The fourth-order valence-corrected chi connectivity index (χ4v) is 4.05. The average molecular weight is 280 g/mol. The maximum Gasteiger partial charge on any atom is 0.0603 e. The Balaban J connectivity index is 1.32. The van der Waals surface area contributed by atoms with E-state index in [1.165, 1.54) is 71.2 Å². The van der Waals surface area contributed by atoms with Gasteiger partial charge in [-0.1, -0.05) is 6.92 Å². The molecule has 0 spiro atoms. The summed E-state index contributed by atoms with van der Waals surface area (Å²) in [5, 5.41) is 0. The van der Waals surface area contributed by atoms with Crippen LogP contribution in [-0.2, 0) is 4.74 Å². The largest absolute Gasteiger partial charge is 0.375 e. The van der Waals surface area contributed by atoms with Gasteiger partial charge >= 0.3 is 0 Å². The van der Waals surface area contributed by atoms with E-state index in [2.05, 4.69) is 23.8 Å². The second-order valence-electron chi connectivity index (χ2n) is 7.58. The van der Waals surface area contributed by atoms with Gasteiger partial charge in [-0.2, -0.15) is 0 Å². The van der Waals surface area contributed by atoms with Gasteiger partial charge in [-0.25, -0.2) is 0 Å². The van der Waals surface area contributed by atoms with Gasteiger partial charge in [0.05, 0.1) is 12.2 Å². The van der Waals surface area contributed by atoms with Crippen molar-refractivity contribution in [1.29, 1.82) is 0 Å². The van der Waals surface area contributed by atoms with Gasteiger partial charge in [0.2, 0.25) is 0 Å². The highest BCUT2D eigenvalue weighted by atomic mass is 16.5. The second kappa shape index (κ2) is 6.76. The molecule has 3 heteroatoms. The molecule has 0 bridgehead atoms. The summed E-state index contributed by atoms with van der Waals surface area (Å²) in [7, 11) is 2.25. The minimum Gasteiger partial charge on any atom is -0.375 e. The number of likely N-dealkylation sites (tertiary alicyclic amines) is 2. The summed E-state index contributed by atoms with van der Waals surface area (Å²) < 4.78 is 6.22. The van der Waals surface area contributed by atoms with Gasteiger partial charge in [-0.05, 0) is 70.5 Å². The molecule has 3 fully saturated rings. The topological polar surface area (TPSA) is 15.7 Å². The fraction of sp³-hybridized carbons (Fsp3) is 1.00. The van der Waals surface area contributed by atoms with Crippen LogP contribution in [0.2, 0.25) is 0 Å². The lowest BCUT2D eigenvalue weighted by Crippen LogP contribution is -2.44. The molecule has 1 saturated carbocycles. The van der Waals surface area contributed by atoms with Crippen molar-refractivity contribution in [2.24, 2.45) is 11.8 Å². The summed E-state index contributed by atoms with van der Waals surface area (Å²) in [6.07, 6.45) is 9.07. The molecular weight excluding hydrogens is 248 g/mol. The van der Waals surface area contributed by atoms with Crippen molar-refractivity contribution in [2.45, 2.75) is 57.7 Å². The Morgan fingerprint density at radius 3 is 2.15 bits per heavy atom. The predicted molar refractivity (Wildman–Crippen MR) is 83.0 cm³/mol. The first-order chi connectivity index (χ1) is 9.69. The van der Waals surface area contributed by atoms with Crippen molar-refractivity contribution in [1.82, 2.24) is 9.80 Å². The van der Waals surface area contributed by atoms with E-state index < -0.39 is 0 Å². The molecule has 0 radical (unpaired) electrons. The van der Waals surface area contributed by atoms with Gasteiger partial charge in [0.1, 0.15) is 0 Å². The van der Waals surface area contributed by atoms with Crippen molar-refractivity contribution in [2.75, 3.05) is 39.8 Å². The van der Waals surface area contributed by atoms with E-state index in [4.69, 9.17) is 4.74 Å². The van der Waals surface area contributed by atoms with Crippen molar-refractivity contribution in [3.8, 4) is 0 Å². The van der Waals surface area contributed by atoms with Crippen LogP contribution < -0.4 is 0 Å². The third-order valence-electron chi connectivity index (χ3n) is 5.60. The molecule has 20 heavy (non-hydrogen) atoms. The van der Waals surface area contributed by atoms with E-state index in [9.17, 15) is 0 Å². The standard InChI is InChI=1S/C17H32N2O/c1-14-11-17(12-14)20-16-5-9-19(10-6-16)13-15-3-7-18(2)8-4-15/h14-17H,3-13H2,1-2H3/t14-,17+. The molecule has 116 valence electrons. The van der Waals surface area contributed by atoms with E-state index in [1.807, 2.05) is 0 Å². The Morgan fingerprint density at radius 1 is 0.900 bits per heavy atom. The zero-order valence-corrected chi connectivity index (χ0v) is 13.4. The van der Waals surface area contributed by atoms with Crippen LogP contribution >= 0.6 is 0 Å². The summed E-state index contributed by atoms with van der Waals surface area (Å²) in [4.78, 5) is 5.16. The molecular formula is C17H32N2O. The van der Waals surface area contributed by atoms with Crippen LogP contribution in [0.15, 0.2) is 0 Å². The van der Waals surface area contributed by atoms with Crippen molar-refractivity contribution < 1.29 is 4.74 Å². The lowest BCUT2D eigenvalue weighted by molar-refractivity contribution is -0.0915. The smallest absolute Gasteiger partial charge is 0.0603 e. The predicted octanol–water partition coefficient (Wildman–Crippen LogP) is 2.61. The Hall–Kier alpha value is -0.120. The third kappa shape index (κ3) is 3.96. The molecule has 2 saturated heterocycles. The van der Waals surface area contributed by atoms with E-state index in [0.29, 0.717) is 12.2 Å². The van der Waals surface area contributed by atoms with Crippen LogP contribution in [0, 0.1) is 11.8 Å². The van der Waals surface area contributed by atoms with Gasteiger partial charge < -0.3 is 14.5 Å². The van der Waals surface area contributed by atoms with Crippen LogP contribution in [0.1, 0.15) is 45.4 Å². The Kier molecular flexibility index (Phi) is 5.00. The lowest BCUT2D eigenvalue weighted by atomic mass is 9.84. The molecule has 3 rings (SSSR count). The van der Waals surface area contributed by atoms with Crippen LogP contribution in [0.3, 0.4) is 0 Å². The molecule has 0 amide bonds. The summed E-state index contributed by atoms with van der Waals surface area (Å²) >= 11 is 0. The lowest BCUT2D eigenvalue weighted by Gasteiger charge is -2.40. The molecule has 1 aliphatic carbocycles. The molecule has 3 nitrogen and oxygen atoms in total. The second-order valence-corrected chi connectivity index (χ2v) is 7.58. The summed E-state index contributed by atoms with van der Waals surface area (Å²) in [5.41, 5.74) is 0. The Labute approximate surface area is 124 Å². The normalized spacial score (nSPS) is 35.1. The van der Waals surface area contributed by atoms with Crippen LogP contribution in [0.4, 0.5) is 0 Å². The monoisotopic (exact) mass is 280 g/mol. The summed E-state index contributed by atoms with van der Waals surface area (Å²) in [6, 6.07) is 0. The van der Waals surface area contributed by atoms with Crippen molar-refractivity contribution in [3.63, 3.8) is 0 Å². The average Bonchev–Trinajstić information content (AvgIpc) is 2.42. The summed E-state index contributed by atoms with van der Waals surface area (Å²) in [5.74, 6) is 1.85. The molecule has 0 aromatic carbocycles. The summed E-state index contributed by atoms with van der Waals surface area (Å²) in [6.45, 7) is 8.79. The van der Waals surface area contributed by atoms with Gasteiger partial charge in [0.25, 0.3) is 0 Å². The van der Waals surface area contributed by atoms with Crippen molar-refractivity contribution in [3.05, 3.63) is 0 Å². The molecule has 0 aromatic heterocycles. The number of nitrogens with zero attached hydrogens (tertiary/aromatic N) is 2. The molecule has 2 aliphatic heterocycles. The molecule has 2 heterocycles. The van der Waals surface area contributed by atoms with E-state index in [1.54, 1.807) is 0 Å². The highest BCUT2D eigenvalue weighted by molar-refractivity contribution is 4.82. The molecule has 0 aromatic rings. The van der Waals surface area contributed by atoms with Gasteiger partial charge in [-0.15, -0.1) is 0 Å². The maximum absolute atomic E-state index is 6.22. The first-order valence-electron chi connectivity index (χ1n) is 8.75. The Morgan fingerprint density at radius 2 is 1.55 bits per heavy atom. The number of hydrogen-bond donors (Lipinski definition) is 0. The van der Waals surface area contributed by atoms with Crippen LogP contribution in [0.5, 0.6) is 0 Å². The minimum absolute atomic E-state index is 0.557. The highest BCUT2D eigenvalue weighted by Gasteiger charge is 2.30. The molecule has 0 unspecified atom stereocenters. The first kappa shape index (κ1) is 14.8. The van der Waals surface area contributed by atoms with Crippen molar-refractivity contribution >= 4 is 0 Å². The quantitative estimate of drug-likeness (QED) is 0.787. The van der Waals surface area contributed by atoms with E-state index >= 15 is 0 Å². The van der Waals surface area contributed by atoms with Gasteiger partial charge in [0.15, 0.2) is 0 Å². The van der Waals surface area contributed by atoms with E-state index in [0.717, 1.165) is 11.8 Å². The number of hydrogen-bond acceptors (Lipinski definition) is 3. The SMILES string of the molecule is CN1CCC(CN2CCC(O[C@H]3C[C@@H](C)C3)CC2)CC1. The molecule has 0 atom stereocenters. The van der Waals surface area contributed by atoms with Crippen LogP contribution in [-0.4, -0.2) is 61.8 Å². The first-order valence-corrected chi connectivity index (χ1v) is 8.75. The minimum atomic E-state index is 0.557. The van der Waals surface area contributed by atoms with E-state index in [-0.39, 0.29) is 0 Å². The third-order valence-corrected chi connectivity index (χ3v) is 5.60. The fourth-order valence-electron chi connectivity index (χ4n) is 4.05. The highest BCUT2D eigenvalue weighted by Crippen LogP contribution is 2.32. The number of piperidine rings is 2. The molecule has 0 N–H and O–H groups in total. The number of ether oxygens (including phenoxy) is 1.